The van der Waals surface area contributed by atoms with Crippen molar-refractivity contribution < 1.29 is 14.8 Å². The number of aromatic hydroxyl groups is 1. The molecule has 1 aliphatic heterocycles. The van der Waals surface area contributed by atoms with Crippen LogP contribution in [0.15, 0.2) is 34.8 Å². The maximum Gasteiger partial charge on any atom is 0.311 e. The number of nitrogens with one attached hydrogen (secondary N) is 1. The molecule has 0 fully saturated rings. The predicted octanol–water partition coefficient (Wildman–Crippen LogP) is 3.86. The van der Waals surface area contributed by atoms with E-state index in [9.17, 15) is 20.0 Å². The number of carbonyl (C=O) groups excluding carboxylic acids is 1. The summed E-state index contributed by atoms with van der Waals surface area (Å²) >= 11 is 3.43. The molecule has 116 valence electrons. The number of fused-ring (bicyclic) bond motifs is 1. The topological polar surface area (TPSA) is 92.5 Å². The normalized spacial score (nSPS) is 14.7. The van der Waals surface area contributed by atoms with Gasteiger partial charge in [0.15, 0.2) is 5.75 Å². The molecule has 2 aromatic carbocycles. The number of halogens is 1. The third-order valence-electron chi connectivity index (χ3n) is 3.67. The molecule has 23 heavy (non-hydrogen) atoms. The van der Waals surface area contributed by atoms with Crippen molar-refractivity contribution in [3.8, 4) is 5.75 Å². The highest BCUT2D eigenvalue weighted by atomic mass is 79.9. The lowest BCUT2D eigenvalue weighted by Crippen LogP contribution is -2.03. The average Bonchev–Trinajstić information content (AvgIpc) is 2.81. The van der Waals surface area contributed by atoms with Gasteiger partial charge in [-0.3, -0.25) is 14.9 Å². The molecule has 0 radical (unpaired) electrons. The lowest BCUT2D eigenvalue weighted by Gasteiger charge is -2.06. The summed E-state index contributed by atoms with van der Waals surface area (Å²) in [7, 11) is 0. The first kappa shape index (κ1) is 15.2. The van der Waals surface area contributed by atoms with Crippen LogP contribution >= 0.6 is 15.9 Å². The van der Waals surface area contributed by atoms with E-state index in [0.29, 0.717) is 16.8 Å². The second-order valence-corrected chi connectivity index (χ2v) is 5.97. The van der Waals surface area contributed by atoms with E-state index in [0.717, 1.165) is 15.6 Å². The molecular weight excluding hydrogens is 364 g/mol. The zero-order valence-corrected chi connectivity index (χ0v) is 13.5. The Kier molecular flexibility index (Phi) is 3.65. The lowest BCUT2D eigenvalue weighted by atomic mass is 9.99. The minimum atomic E-state index is -0.665. The molecule has 2 aromatic rings. The number of hydrogen-bond acceptors (Lipinski definition) is 4. The summed E-state index contributed by atoms with van der Waals surface area (Å²) in [5.41, 5.74) is 2.87. The van der Waals surface area contributed by atoms with E-state index in [-0.39, 0.29) is 5.91 Å². The molecule has 2 N–H and O–H groups in total. The molecule has 3 rings (SSSR count). The largest absolute Gasteiger partial charge is 0.502 e. The molecule has 1 amide bonds. The third-order valence-corrected chi connectivity index (χ3v) is 4.53. The van der Waals surface area contributed by atoms with Gasteiger partial charge in [-0.15, -0.1) is 0 Å². The highest BCUT2D eigenvalue weighted by Crippen LogP contribution is 2.39. The number of phenols is 1. The highest BCUT2D eigenvalue weighted by molar-refractivity contribution is 9.10. The Morgan fingerprint density at radius 1 is 1.30 bits per heavy atom. The van der Waals surface area contributed by atoms with Crippen LogP contribution in [0.5, 0.6) is 5.75 Å². The van der Waals surface area contributed by atoms with Crippen molar-refractivity contribution in [3.05, 3.63) is 61.6 Å². The zero-order chi connectivity index (χ0) is 16.7. The second-order valence-electron chi connectivity index (χ2n) is 5.11. The second kappa shape index (κ2) is 5.51. The standard InChI is InChI=1S/C16H11BrN2O4/c1-8-11(17)3-4-12-15(8)10(16(21)18-12)6-9-2-5-14(20)13(7-9)19(22)23/h2-7,20H,1H3,(H,18,21). The maximum absolute atomic E-state index is 12.2. The first-order valence-electron chi connectivity index (χ1n) is 6.68. The quantitative estimate of drug-likeness (QED) is 0.474. The van der Waals surface area contributed by atoms with Crippen molar-refractivity contribution in [3.63, 3.8) is 0 Å². The van der Waals surface area contributed by atoms with Gasteiger partial charge in [0, 0.05) is 27.4 Å². The van der Waals surface area contributed by atoms with Crippen molar-refractivity contribution in [1.82, 2.24) is 0 Å². The van der Waals surface area contributed by atoms with E-state index < -0.39 is 16.4 Å². The van der Waals surface area contributed by atoms with E-state index in [1.807, 2.05) is 13.0 Å². The Labute approximate surface area is 139 Å². The molecule has 0 saturated carbocycles. The Balaban J connectivity index is 2.15. The number of phenolic OH excluding ortho intramolecular Hbond substituents is 1. The smallest absolute Gasteiger partial charge is 0.311 e. The van der Waals surface area contributed by atoms with Crippen molar-refractivity contribution >= 4 is 44.9 Å². The van der Waals surface area contributed by atoms with Crippen molar-refractivity contribution in [2.75, 3.05) is 5.32 Å². The number of benzene rings is 2. The molecule has 0 atom stereocenters. The summed E-state index contributed by atoms with van der Waals surface area (Å²) in [5.74, 6) is -0.677. The number of rotatable bonds is 2. The molecule has 6 nitrogen and oxygen atoms in total. The van der Waals surface area contributed by atoms with Crippen molar-refractivity contribution in [2.45, 2.75) is 6.92 Å². The molecule has 0 aromatic heterocycles. The summed E-state index contributed by atoms with van der Waals surface area (Å²) < 4.78 is 0.871. The van der Waals surface area contributed by atoms with E-state index in [1.165, 1.54) is 18.2 Å². The van der Waals surface area contributed by atoms with Gasteiger partial charge in [-0.1, -0.05) is 22.0 Å². The Morgan fingerprint density at radius 2 is 2.04 bits per heavy atom. The summed E-state index contributed by atoms with van der Waals surface area (Å²) in [6, 6.07) is 7.65. The van der Waals surface area contributed by atoms with Crippen molar-refractivity contribution in [2.24, 2.45) is 0 Å². The molecule has 1 aliphatic rings. The van der Waals surface area contributed by atoms with Gasteiger partial charge in [0.05, 0.1) is 4.92 Å². The number of hydrogen-bond donors (Lipinski definition) is 2. The molecular formula is C16H11BrN2O4. The molecule has 1 heterocycles. The maximum atomic E-state index is 12.2. The number of amides is 1. The van der Waals surface area contributed by atoms with Gasteiger partial charge in [0.2, 0.25) is 0 Å². The average molecular weight is 375 g/mol. The van der Waals surface area contributed by atoms with Crippen molar-refractivity contribution in [1.29, 1.82) is 0 Å². The van der Waals surface area contributed by atoms with Gasteiger partial charge in [0.25, 0.3) is 5.91 Å². The Bertz CT molecular complexity index is 890. The number of nitro groups is 1. The van der Waals surface area contributed by atoms with Crippen LogP contribution in [0.1, 0.15) is 16.7 Å². The van der Waals surface area contributed by atoms with Gasteiger partial charge in [-0.2, -0.15) is 0 Å². The minimum Gasteiger partial charge on any atom is -0.502 e. The summed E-state index contributed by atoms with van der Waals surface area (Å²) in [5, 5.41) is 23.2. The highest BCUT2D eigenvalue weighted by Gasteiger charge is 2.27. The summed E-state index contributed by atoms with van der Waals surface area (Å²) in [6.45, 7) is 1.89. The SMILES string of the molecule is Cc1c(Br)ccc2c1C(=Cc1ccc(O)c([N+](=O)[O-])c1)C(=O)N2. The molecule has 0 aliphatic carbocycles. The molecule has 0 spiro atoms. The minimum absolute atomic E-state index is 0.267. The monoisotopic (exact) mass is 374 g/mol. The van der Waals surface area contributed by atoms with Gasteiger partial charge in [-0.05, 0) is 42.3 Å². The fraction of sp³-hybridized carbons (Fsp3) is 0.0625. The van der Waals surface area contributed by atoms with Crippen LogP contribution in [0.4, 0.5) is 11.4 Å². The van der Waals surface area contributed by atoms with Crippen LogP contribution in [0.3, 0.4) is 0 Å². The van der Waals surface area contributed by atoms with Gasteiger partial charge < -0.3 is 10.4 Å². The molecule has 0 unspecified atom stereocenters. The van der Waals surface area contributed by atoms with Crippen LogP contribution in [0, 0.1) is 17.0 Å². The predicted molar refractivity (Wildman–Crippen MR) is 90.1 cm³/mol. The van der Waals surface area contributed by atoms with Crippen LogP contribution in [-0.4, -0.2) is 15.9 Å². The molecule has 0 bridgehead atoms. The first-order valence-corrected chi connectivity index (χ1v) is 7.47. The number of anilines is 1. The molecule has 0 saturated heterocycles. The zero-order valence-electron chi connectivity index (χ0n) is 12.0. The fourth-order valence-corrected chi connectivity index (χ4v) is 2.85. The fourth-order valence-electron chi connectivity index (χ4n) is 2.52. The van der Waals surface area contributed by atoms with Gasteiger partial charge in [-0.25, -0.2) is 0 Å². The Hall–Kier alpha value is -2.67. The van der Waals surface area contributed by atoms with Crippen LogP contribution in [0.25, 0.3) is 11.6 Å². The van der Waals surface area contributed by atoms with Gasteiger partial charge >= 0.3 is 5.69 Å². The van der Waals surface area contributed by atoms with E-state index in [2.05, 4.69) is 21.2 Å². The van der Waals surface area contributed by atoms with Gasteiger partial charge in [0.1, 0.15) is 0 Å². The lowest BCUT2D eigenvalue weighted by molar-refractivity contribution is -0.385. The van der Waals surface area contributed by atoms with Crippen LogP contribution in [0.2, 0.25) is 0 Å². The third kappa shape index (κ3) is 2.59. The Morgan fingerprint density at radius 3 is 2.74 bits per heavy atom. The number of carbonyl (C=O) groups is 1. The van der Waals surface area contributed by atoms with E-state index >= 15 is 0 Å². The van der Waals surface area contributed by atoms with Crippen LogP contribution < -0.4 is 5.32 Å². The first-order chi connectivity index (χ1) is 10.9. The van der Waals surface area contributed by atoms with Crippen LogP contribution in [-0.2, 0) is 4.79 Å². The van der Waals surface area contributed by atoms with E-state index in [1.54, 1.807) is 12.1 Å². The number of nitrogens with zero attached hydrogens (tertiary/aromatic N) is 1. The summed E-state index contributed by atoms with van der Waals surface area (Å²) in [4.78, 5) is 22.5. The summed E-state index contributed by atoms with van der Waals surface area (Å²) in [6.07, 6.45) is 1.58. The van der Waals surface area contributed by atoms with E-state index in [4.69, 9.17) is 0 Å². The number of nitro benzene ring substituents is 1. The molecule has 7 heteroatoms.